The minimum absolute atomic E-state index is 0.282. The molecule has 2 heterocycles. The summed E-state index contributed by atoms with van der Waals surface area (Å²) in [5.74, 6) is 0.422. The van der Waals surface area contributed by atoms with Gasteiger partial charge in [-0.25, -0.2) is 13.5 Å². The number of imidazole rings is 1. The molecular formula is C21H20FN2O2+. The van der Waals surface area contributed by atoms with Gasteiger partial charge in [0.2, 0.25) is 12.6 Å². The van der Waals surface area contributed by atoms with E-state index < -0.39 is 6.29 Å². The molecule has 0 bridgehead atoms. The molecule has 0 aliphatic carbocycles. The lowest BCUT2D eigenvalue weighted by Gasteiger charge is -2.28. The topological polar surface area (TPSA) is 27.3 Å². The van der Waals surface area contributed by atoms with E-state index >= 15 is 0 Å². The summed E-state index contributed by atoms with van der Waals surface area (Å²) < 4.78 is 30.0. The lowest BCUT2D eigenvalue weighted by atomic mass is 10.1. The maximum Gasteiger partial charge on any atom is 0.244 e. The smallest absolute Gasteiger partial charge is 0.244 e. The Hall–Kier alpha value is -2.92. The lowest BCUT2D eigenvalue weighted by Crippen LogP contribution is -2.32. The van der Waals surface area contributed by atoms with Crippen molar-refractivity contribution >= 4 is 0 Å². The second-order valence-electron chi connectivity index (χ2n) is 6.30. The van der Waals surface area contributed by atoms with Crippen LogP contribution in [0.3, 0.4) is 0 Å². The first kappa shape index (κ1) is 16.5. The van der Waals surface area contributed by atoms with Crippen LogP contribution in [-0.2, 0) is 24.4 Å². The van der Waals surface area contributed by atoms with E-state index in [-0.39, 0.29) is 5.82 Å². The van der Waals surface area contributed by atoms with E-state index in [0.29, 0.717) is 18.9 Å². The van der Waals surface area contributed by atoms with Crippen LogP contribution in [0.25, 0.3) is 0 Å². The number of rotatable bonds is 5. The number of halogens is 1. The van der Waals surface area contributed by atoms with Gasteiger partial charge in [0.25, 0.3) is 0 Å². The van der Waals surface area contributed by atoms with Gasteiger partial charge in [0.1, 0.15) is 37.0 Å². The molecule has 0 saturated carbocycles. The van der Waals surface area contributed by atoms with Crippen molar-refractivity contribution in [3.05, 3.63) is 96.3 Å². The van der Waals surface area contributed by atoms with Gasteiger partial charge in [-0.2, -0.15) is 0 Å². The van der Waals surface area contributed by atoms with Crippen molar-refractivity contribution in [3.8, 4) is 5.75 Å². The zero-order chi connectivity index (χ0) is 17.9. The molecule has 26 heavy (non-hydrogen) atoms. The summed E-state index contributed by atoms with van der Waals surface area (Å²) in [6.07, 6.45) is 7.23. The SMILES string of the molecule is C=CCn1cc[n+](Cc2cc(F)cc3c2O[C@H](c2ccccc2)OC3)c1. The van der Waals surface area contributed by atoms with E-state index in [2.05, 4.69) is 6.58 Å². The van der Waals surface area contributed by atoms with Gasteiger partial charge in [-0.1, -0.05) is 43.0 Å². The number of aromatic nitrogens is 2. The number of fused-ring (bicyclic) bond motifs is 1. The van der Waals surface area contributed by atoms with Crippen molar-refractivity contribution in [2.75, 3.05) is 0 Å². The van der Waals surface area contributed by atoms with Crippen molar-refractivity contribution in [1.29, 1.82) is 0 Å². The monoisotopic (exact) mass is 351 g/mol. The van der Waals surface area contributed by atoms with E-state index in [9.17, 15) is 4.39 Å². The molecule has 1 aliphatic heterocycles. The van der Waals surface area contributed by atoms with Crippen LogP contribution in [0.2, 0.25) is 0 Å². The van der Waals surface area contributed by atoms with E-state index in [1.54, 1.807) is 0 Å². The van der Waals surface area contributed by atoms with Gasteiger partial charge in [0, 0.05) is 16.7 Å². The molecule has 0 saturated heterocycles. The molecular weight excluding hydrogens is 331 g/mol. The molecule has 1 aliphatic rings. The normalized spacial score (nSPS) is 16.0. The van der Waals surface area contributed by atoms with E-state index in [1.807, 2.05) is 64.3 Å². The fourth-order valence-corrected chi connectivity index (χ4v) is 3.15. The maximum atomic E-state index is 14.1. The Morgan fingerprint density at radius 3 is 2.92 bits per heavy atom. The highest BCUT2D eigenvalue weighted by Gasteiger charge is 2.26. The first-order valence-electron chi connectivity index (χ1n) is 8.53. The highest BCUT2D eigenvalue weighted by atomic mass is 19.1. The first-order valence-corrected chi connectivity index (χ1v) is 8.53. The minimum Gasteiger partial charge on any atom is -0.460 e. The Labute approximate surface area is 151 Å². The van der Waals surface area contributed by atoms with Crippen LogP contribution in [0.15, 0.2) is 73.8 Å². The Bertz CT molecular complexity index is 921. The maximum absolute atomic E-state index is 14.1. The van der Waals surface area contributed by atoms with Gasteiger partial charge in [-0.3, -0.25) is 0 Å². The van der Waals surface area contributed by atoms with Crippen LogP contribution in [0, 0.1) is 5.82 Å². The van der Waals surface area contributed by atoms with Crippen molar-refractivity contribution in [2.45, 2.75) is 26.0 Å². The molecule has 1 atom stereocenters. The minimum atomic E-state index is -0.483. The third-order valence-corrected chi connectivity index (χ3v) is 4.33. The summed E-state index contributed by atoms with van der Waals surface area (Å²) in [5, 5.41) is 0. The van der Waals surface area contributed by atoms with Crippen LogP contribution in [0.1, 0.15) is 23.0 Å². The molecule has 0 spiro atoms. The van der Waals surface area contributed by atoms with Crippen LogP contribution in [0.4, 0.5) is 4.39 Å². The summed E-state index contributed by atoms with van der Waals surface area (Å²) >= 11 is 0. The highest BCUT2D eigenvalue weighted by molar-refractivity contribution is 5.43. The van der Waals surface area contributed by atoms with Crippen LogP contribution in [-0.4, -0.2) is 4.57 Å². The average Bonchev–Trinajstić information content (AvgIpc) is 3.09. The largest absolute Gasteiger partial charge is 0.460 e. The molecule has 2 aromatic carbocycles. The fourth-order valence-electron chi connectivity index (χ4n) is 3.15. The molecule has 3 aromatic rings. The summed E-state index contributed by atoms with van der Waals surface area (Å²) in [6.45, 7) is 5.31. The number of benzene rings is 2. The van der Waals surface area contributed by atoms with Gasteiger partial charge < -0.3 is 9.47 Å². The van der Waals surface area contributed by atoms with Gasteiger partial charge in [-0.15, -0.1) is 0 Å². The number of hydrogen-bond donors (Lipinski definition) is 0. The van der Waals surface area contributed by atoms with Crippen LogP contribution < -0.4 is 9.30 Å². The summed E-state index contributed by atoms with van der Waals surface area (Å²) in [6, 6.07) is 12.8. The van der Waals surface area contributed by atoms with Crippen LogP contribution >= 0.6 is 0 Å². The summed E-state index contributed by atoms with van der Waals surface area (Å²) in [4.78, 5) is 0. The predicted molar refractivity (Wildman–Crippen MR) is 94.9 cm³/mol. The van der Waals surface area contributed by atoms with E-state index in [0.717, 1.165) is 23.2 Å². The van der Waals surface area contributed by atoms with Gasteiger partial charge in [0.15, 0.2) is 0 Å². The van der Waals surface area contributed by atoms with Gasteiger partial charge in [-0.05, 0) is 12.1 Å². The number of allylic oxidation sites excluding steroid dienone is 1. The molecule has 4 rings (SSSR count). The molecule has 0 radical (unpaired) electrons. The molecule has 0 amide bonds. The van der Waals surface area contributed by atoms with Crippen molar-refractivity contribution in [1.82, 2.24) is 4.57 Å². The Balaban J connectivity index is 1.63. The van der Waals surface area contributed by atoms with Crippen LogP contribution in [0.5, 0.6) is 5.75 Å². The second-order valence-corrected chi connectivity index (χ2v) is 6.30. The molecule has 0 unspecified atom stereocenters. The molecule has 1 aromatic heterocycles. The highest BCUT2D eigenvalue weighted by Crippen LogP contribution is 2.36. The van der Waals surface area contributed by atoms with Gasteiger partial charge in [0.05, 0.1) is 6.61 Å². The Morgan fingerprint density at radius 2 is 2.12 bits per heavy atom. The average molecular weight is 351 g/mol. The molecule has 132 valence electrons. The number of ether oxygens (including phenoxy) is 2. The fraction of sp³-hybridized carbons (Fsp3) is 0.190. The summed E-state index contributed by atoms with van der Waals surface area (Å²) in [5.41, 5.74) is 2.47. The molecule has 5 heteroatoms. The zero-order valence-corrected chi connectivity index (χ0v) is 14.3. The predicted octanol–water partition coefficient (Wildman–Crippen LogP) is 3.76. The van der Waals surface area contributed by atoms with Crippen molar-refractivity contribution in [3.63, 3.8) is 0 Å². The first-order chi connectivity index (χ1) is 12.7. The van der Waals surface area contributed by atoms with Gasteiger partial charge >= 0.3 is 0 Å². The summed E-state index contributed by atoms with van der Waals surface area (Å²) in [7, 11) is 0. The van der Waals surface area contributed by atoms with Crippen molar-refractivity contribution < 1.29 is 18.4 Å². The molecule has 4 nitrogen and oxygen atoms in total. The molecule has 0 fully saturated rings. The van der Waals surface area contributed by atoms with E-state index in [4.69, 9.17) is 9.47 Å². The quantitative estimate of drug-likeness (QED) is 0.517. The standard InChI is InChI=1S/C21H20FN2O2/c1-2-8-23-9-10-24(15-23)13-17-11-19(22)12-18-14-25-21(26-20(17)18)16-6-4-3-5-7-16/h2-7,9-12,15,21H,1,8,13-14H2/q+1/t21-/m1/s1. The third kappa shape index (κ3) is 3.39. The van der Waals surface area contributed by atoms with Crippen molar-refractivity contribution in [2.24, 2.45) is 0 Å². The second kappa shape index (κ2) is 7.14. The number of hydrogen-bond acceptors (Lipinski definition) is 2. The lowest BCUT2D eigenvalue weighted by molar-refractivity contribution is -0.687. The Kier molecular flexibility index (Phi) is 4.54. The van der Waals surface area contributed by atoms with E-state index in [1.165, 1.54) is 12.1 Å². The molecule has 0 N–H and O–H groups in total. The Morgan fingerprint density at radius 1 is 1.27 bits per heavy atom. The zero-order valence-electron chi connectivity index (χ0n) is 14.3. The number of nitrogens with zero attached hydrogens (tertiary/aromatic N) is 2. The third-order valence-electron chi connectivity index (χ3n) is 4.33.